The second-order valence-corrected chi connectivity index (χ2v) is 6.55. The molecule has 0 aliphatic carbocycles. The summed E-state index contributed by atoms with van der Waals surface area (Å²) in [5.74, 6) is 0.683. The summed E-state index contributed by atoms with van der Waals surface area (Å²) in [4.78, 5) is 2.53. The summed E-state index contributed by atoms with van der Waals surface area (Å²) in [6, 6.07) is 0. The molecular formula is C16H34N2O2. The fourth-order valence-electron chi connectivity index (χ4n) is 3.11. The highest BCUT2D eigenvalue weighted by molar-refractivity contribution is 4.82. The highest BCUT2D eigenvalue weighted by Gasteiger charge is 2.26. The molecule has 3 unspecified atom stereocenters. The number of nitrogens with zero attached hydrogens (tertiary/aromatic N) is 1. The molecule has 1 rings (SSSR count). The Kier molecular flexibility index (Phi) is 8.03. The number of likely N-dealkylation sites (tertiary alicyclic amines) is 1. The van der Waals surface area contributed by atoms with Crippen molar-refractivity contribution in [1.29, 1.82) is 0 Å². The first-order chi connectivity index (χ1) is 9.54. The molecule has 0 radical (unpaired) electrons. The molecule has 0 spiro atoms. The molecule has 1 aliphatic rings. The zero-order valence-corrected chi connectivity index (χ0v) is 13.8. The molecule has 1 fully saturated rings. The fraction of sp³-hybridized carbons (Fsp3) is 1.00. The zero-order chi connectivity index (χ0) is 15.0. The van der Waals surface area contributed by atoms with Crippen LogP contribution in [0.25, 0.3) is 0 Å². The van der Waals surface area contributed by atoms with Crippen LogP contribution in [-0.4, -0.2) is 61.5 Å². The predicted octanol–water partition coefficient (Wildman–Crippen LogP) is 1.87. The van der Waals surface area contributed by atoms with E-state index in [1.165, 1.54) is 19.4 Å². The first kappa shape index (κ1) is 17.9. The Bertz CT molecular complexity index is 263. The quantitative estimate of drug-likeness (QED) is 0.635. The summed E-state index contributed by atoms with van der Waals surface area (Å²) in [5.41, 5.74) is -0.111. The number of methoxy groups -OCH3 is 1. The smallest absolute Gasteiger partial charge is 0.0724 e. The van der Waals surface area contributed by atoms with E-state index in [0.717, 1.165) is 32.5 Å². The Morgan fingerprint density at radius 2 is 2.15 bits per heavy atom. The molecule has 1 aliphatic heterocycles. The molecule has 0 aromatic rings. The standard InChI is InChI=1S/C16H34N2O2/c1-5-17-16(3,13-19)9-6-7-10-18-11-8-14(2)15(12-18)20-4/h14-15,17,19H,5-13H2,1-4H3. The third-order valence-corrected chi connectivity index (χ3v) is 4.68. The number of hydrogen-bond acceptors (Lipinski definition) is 4. The fourth-order valence-corrected chi connectivity index (χ4v) is 3.11. The summed E-state index contributed by atoms with van der Waals surface area (Å²) < 4.78 is 5.56. The molecule has 0 aromatic heterocycles. The van der Waals surface area contributed by atoms with E-state index in [0.29, 0.717) is 12.0 Å². The van der Waals surface area contributed by atoms with E-state index in [9.17, 15) is 5.11 Å². The normalized spacial score (nSPS) is 27.4. The van der Waals surface area contributed by atoms with E-state index >= 15 is 0 Å². The third-order valence-electron chi connectivity index (χ3n) is 4.68. The largest absolute Gasteiger partial charge is 0.394 e. The topological polar surface area (TPSA) is 44.7 Å². The van der Waals surface area contributed by atoms with Crippen LogP contribution in [0.15, 0.2) is 0 Å². The summed E-state index contributed by atoms with van der Waals surface area (Å²) in [6.45, 7) is 11.0. The van der Waals surface area contributed by atoms with Gasteiger partial charge in [0.1, 0.15) is 0 Å². The maximum absolute atomic E-state index is 9.47. The number of likely N-dealkylation sites (N-methyl/N-ethyl adjacent to an activating group) is 1. The van der Waals surface area contributed by atoms with E-state index in [4.69, 9.17) is 4.74 Å². The maximum Gasteiger partial charge on any atom is 0.0724 e. The van der Waals surface area contributed by atoms with Crippen molar-refractivity contribution in [1.82, 2.24) is 10.2 Å². The van der Waals surface area contributed by atoms with Crippen molar-refractivity contribution >= 4 is 0 Å². The Balaban J connectivity index is 2.21. The van der Waals surface area contributed by atoms with Gasteiger partial charge >= 0.3 is 0 Å². The van der Waals surface area contributed by atoms with Crippen LogP contribution in [-0.2, 0) is 4.74 Å². The number of aliphatic hydroxyl groups is 1. The van der Waals surface area contributed by atoms with E-state index < -0.39 is 0 Å². The van der Waals surface area contributed by atoms with E-state index in [1.54, 1.807) is 0 Å². The van der Waals surface area contributed by atoms with Gasteiger partial charge in [0.05, 0.1) is 12.7 Å². The van der Waals surface area contributed by atoms with Gasteiger partial charge in [-0.2, -0.15) is 0 Å². The first-order valence-electron chi connectivity index (χ1n) is 8.15. The van der Waals surface area contributed by atoms with Crippen LogP contribution in [0.2, 0.25) is 0 Å². The average molecular weight is 286 g/mol. The number of piperidine rings is 1. The third kappa shape index (κ3) is 5.68. The Morgan fingerprint density at radius 3 is 2.75 bits per heavy atom. The summed E-state index contributed by atoms with van der Waals surface area (Å²) in [7, 11) is 1.83. The van der Waals surface area contributed by atoms with E-state index in [-0.39, 0.29) is 12.1 Å². The maximum atomic E-state index is 9.47. The van der Waals surface area contributed by atoms with Crippen molar-refractivity contribution in [2.24, 2.45) is 5.92 Å². The van der Waals surface area contributed by atoms with Crippen molar-refractivity contribution in [3.8, 4) is 0 Å². The summed E-state index contributed by atoms with van der Waals surface area (Å²) >= 11 is 0. The highest BCUT2D eigenvalue weighted by atomic mass is 16.5. The molecule has 1 saturated heterocycles. The Hall–Kier alpha value is -0.160. The number of unbranched alkanes of at least 4 members (excludes halogenated alkanes) is 1. The van der Waals surface area contributed by atoms with Gasteiger partial charge in [-0.15, -0.1) is 0 Å². The van der Waals surface area contributed by atoms with Gasteiger partial charge in [-0.3, -0.25) is 0 Å². The van der Waals surface area contributed by atoms with Gasteiger partial charge in [-0.1, -0.05) is 20.3 Å². The molecule has 0 amide bonds. The van der Waals surface area contributed by atoms with Gasteiger partial charge in [0, 0.05) is 19.2 Å². The number of ether oxygens (including phenoxy) is 1. The minimum atomic E-state index is -0.111. The van der Waals surface area contributed by atoms with Crippen molar-refractivity contribution in [2.75, 3.05) is 39.9 Å². The first-order valence-corrected chi connectivity index (χ1v) is 8.15. The van der Waals surface area contributed by atoms with Crippen LogP contribution in [0.1, 0.15) is 46.5 Å². The van der Waals surface area contributed by atoms with Crippen LogP contribution < -0.4 is 5.32 Å². The molecule has 2 N–H and O–H groups in total. The molecule has 1 heterocycles. The number of nitrogens with one attached hydrogen (secondary N) is 1. The number of aliphatic hydroxyl groups excluding tert-OH is 1. The van der Waals surface area contributed by atoms with Crippen LogP contribution in [0.5, 0.6) is 0 Å². The van der Waals surface area contributed by atoms with E-state index in [1.807, 2.05) is 7.11 Å². The summed E-state index contributed by atoms with van der Waals surface area (Å²) in [6.07, 6.45) is 5.03. The second kappa shape index (κ2) is 8.98. The van der Waals surface area contributed by atoms with Gasteiger partial charge in [0.25, 0.3) is 0 Å². The van der Waals surface area contributed by atoms with Gasteiger partial charge in [0.15, 0.2) is 0 Å². The van der Waals surface area contributed by atoms with Gasteiger partial charge < -0.3 is 20.1 Å². The molecule has 20 heavy (non-hydrogen) atoms. The lowest BCUT2D eigenvalue weighted by Gasteiger charge is -2.36. The molecule has 4 nitrogen and oxygen atoms in total. The molecule has 0 bridgehead atoms. The molecule has 4 heteroatoms. The molecule has 0 aromatic carbocycles. The zero-order valence-electron chi connectivity index (χ0n) is 13.8. The van der Waals surface area contributed by atoms with Gasteiger partial charge in [0.2, 0.25) is 0 Å². The summed E-state index contributed by atoms with van der Waals surface area (Å²) in [5, 5.41) is 12.9. The van der Waals surface area contributed by atoms with E-state index in [2.05, 4.69) is 31.0 Å². The molecule has 3 atom stereocenters. The predicted molar refractivity (Wildman–Crippen MR) is 84.0 cm³/mol. The lowest BCUT2D eigenvalue weighted by Crippen LogP contribution is -2.46. The average Bonchev–Trinajstić information content (AvgIpc) is 2.45. The van der Waals surface area contributed by atoms with Crippen LogP contribution in [0, 0.1) is 5.92 Å². The van der Waals surface area contributed by atoms with Crippen molar-refractivity contribution in [3.05, 3.63) is 0 Å². The molecule has 120 valence electrons. The van der Waals surface area contributed by atoms with Crippen molar-refractivity contribution in [3.63, 3.8) is 0 Å². The highest BCUT2D eigenvalue weighted by Crippen LogP contribution is 2.20. The number of rotatable bonds is 9. The molecule has 0 saturated carbocycles. The van der Waals surface area contributed by atoms with Crippen LogP contribution in [0.3, 0.4) is 0 Å². The van der Waals surface area contributed by atoms with Crippen LogP contribution >= 0.6 is 0 Å². The van der Waals surface area contributed by atoms with Gasteiger partial charge in [-0.05, 0) is 51.7 Å². The van der Waals surface area contributed by atoms with Crippen molar-refractivity contribution < 1.29 is 9.84 Å². The lowest BCUT2D eigenvalue weighted by molar-refractivity contribution is -0.00544. The minimum Gasteiger partial charge on any atom is -0.394 e. The van der Waals surface area contributed by atoms with Crippen LogP contribution in [0.4, 0.5) is 0 Å². The SMILES string of the molecule is CCNC(C)(CO)CCCCN1CCC(C)C(OC)C1. The van der Waals surface area contributed by atoms with Crippen molar-refractivity contribution in [2.45, 2.75) is 58.1 Å². The second-order valence-electron chi connectivity index (χ2n) is 6.55. The Labute approximate surface area is 124 Å². The molecular weight excluding hydrogens is 252 g/mol. The van der Waals surface area contributed by atoms with Gasteiger partial charge in [-0.25, -0.2) is 0 Å². The Morgan fingerprint density at radius 1 is 1.40 bits per heavy atom. The number of hydrogen-bond donors (Lipinski definition) is 2. The monoisotopic (exact) mass is 286 g/mol. The minimum absolute atomic E-state index is 0.111. The lowest BCUT2D eigenvalue weighted by atomic mass is 9.94.